The second kappa shape index (κ2) is 6.30. The van der Waals surface area contributed by atoms with Crippen molar-refractivity contribution in [2.45, 2.75) is 32.9 Å². The van der Waals surface area contributed by atoms with Gasteiger partial charge >= 0.3 is 6.09 Å². The van der Waals surface area contributed by atoms with Gasteiger partial charge in [-0.2, -0.15) is 0 Å². The molecular formula is C12H20N2O3. The number of ether oxygens (including phenoxy) is 1. The van der Waals surface area contributed by atoms with Crippen molar-refractivity contribution in [3.8, 4) is 0 Å². The minimum Gasteiger partial charge on any atom is -0.468 e. The smallest absolute Gasteiger partial charge is 0.407 e. The van der Waals surface area contributed by atoms with E-state index in [1.807, 2.05) is 32.9 Å². The average Bonchev–Trinajstić information content (AvgIpc) is 2.67. The van der Waals surface area contributed by atoms with Gasteiger partial charge in [0.05, 0.1) is 12.8 Å². The quantitative estimate of drug-likeness (QED) is 0.771. The van der Waals surface area contributed by atoms with Crippen LogP contribution in [0, 0.1) is 0 Å². The van der Waals surface area contributed by atoms with Gasteiger partial charge < -0.3 is 19.8 Å². The monoisotopic (exact) mass is 240 g/mol. The summed E-state index contributed by atoms with van der Waals surface area (Å²) in [5.74, 6) is 0.877. The Morgan fingerprint density at radius 2 is 2.18 bits per heavy atom. The summed E-state index contributed by atoms with van der Waals surface area (Å²) in [4.78, 5) is 11.3. The van der Waals surface area contributed by atoms with E-state index >= 15 is 0 Å². The number of rotatable bonds is 5. The van der Waals surface area contributed by atoms with Crippen molar-refractivity contribution in [1.82, 2.24) is 10.6 Å². The molecule has 1 aromatic heterocycles. The summed E-state index contributed by atoms with van der Waals surface area (Å²) in [6, 6.07) is 3.74. The summed E-state index contributed by atoms with van der Waals surface area (Å²) >= 11 is 0. The van der Waals surface area contributed by atoms with Crippen molar-refractivity contribution in [1.29, 1.82) is 0 Å². The molecule has 0 aliphatic carbocycles. The first-order chi connectivity index (χ1) is 7.97. The third-order valence-electron chi connectivity index (χ3n) is 1.85. The predicted octanol–water partition coefficient (Wildman–Crippen LogP) is 1.89. The fraction of sp³-hybridized carbons (Fsp3) is 0.583. The van der Waals surface area contributed by atoms with E-state index in [9.17, 15) is 4.79 Å². The Morgan fingerprint density at radius 3 is 2.76 bits per heavy atom. The molecular weight excluding hydrogens is 220 g/mol. The van der Waals surface area contributed by atoms with E-state index in [0.29, 0.717) is 19.6 Å². The molecule has 1 heterocycles. The second-order valence-electron chi connectivity index (χ2n) is 4.68. The third-order valence-corrected chi connectivity index (χ3v) is 1.85. The Hall–Kier alpha value is -1.49. The molecule has 96 valence electrons. The number of nitrogens with one attached hydrogen (secondary N) is 2. The van der Waals surface area contributed by atoms with E-state index in [2.05, 4.69) is 10.6 Å². The van der Waals surface area contributed by atoms with Crippen molar-refractivity contribution >= 4 is 6.09 Å². The molecule has 0 saturated heterocycles. The van der Waals surface area contributed by atoms with Crippen molar-refractivity contribution in [2.24, 2.45) is 0 Å². The first kappa shape index (κ1) is 13.6. The van der Waals surface area contributed by atoms with Gasteiger partial charge in [0.15, 0.2) is 0 Å². The fourth-order valence-corrected chi connectivity index (χ4v) is 1.19. The number of carbonyl (C=O) groups excluding carboxylic acids is 1. The maximum Gasteiger partial charge on any atom is 0.407 e. The lowest BCUT2D eigenvalue weighted by Crippen LogP contribution is -2.36. The summed E-state index contributed by atoms with van der Waals surface area (Å²) in [5.41, 5.74) is -0.453. The lowest BCUT2D eigenvalue weighted by molar-refractivity contribution is 0.0528. The van der Waals surface area contributed by atoms with Crippen LogP contribution >= 0.6 is 0 Å². The van der Waals surface area contributed by atoms with Crippen LogP contribution in [0.15, 0.2) is 22.8 Å². The standard InChI is InChI=1S/C12H20N2O3/c1-12(2,3)17-11(15)14-7-6-13-9-10-5-4-8-16-10/h4-5,8,13H,6-7,9H2,1-3H3,(H,14,15). The minimum absolute atomic E-state index is 0.391. The van der Waals surface area contributed by atoms with Gasteiger partial charge in [0, 0.05) is 13.1 Å². The maximum atomic E-state index is 11.3. The average molecular weight is 240 g/mol. The third kappa shape index (κ3) is 6.63. The number of furan rings is 1. The zero-order chi connectivity index (χ0) is 12.7. The van der Waals surface area contributed by atoms with Crippen molar-refractivity contribution in [2.75, 3.05) is 13.1 Å². The van der Waals surface area contributed by atoms with Gasteiger partial charge in [-0.05, 0) is 32.9 Å². The molecule has 0 bridgehead atoms. The normalized spacial score (nSPS) is 11.2. The molecule has 5 heteroatoms. The fourth-order valence-electron chi connectivity index (χ4n) is 1.19. The number of amides is 1. The van der Waals surface area contributed by atoms with Crippen LogP contribution in [-0.2, 0) is 11.3 Å². The van der Waals surface area contributed by atoms with E-state index in [4.69, 9.17) is 9.15 Å². The number of alkyl carbamates (subject to hydrolysis) is 1. The summed E-state index contributed by atoms with van der Waals surface area (Å²) in [5, 5.41) is 5.81. The van der Waals surface area contributed by atoms with Crippen LogP contribution in [0.1, 0.15) is 26.5 Å². The number of hydrogen-bond acceptors (Lipinski definition) is 4. The maximum absolute atomic E-state index is 11.3. The van der Waals surface area contributed by atoms with Crippen LogP contribution in [-0.4, -0.2) is 24.8 Å². The molecule has 0 aromatic carbocycles. The minimum atomic E-state index is -0.453. The molecule has 0 saturated carbocycles. The molecule has 5 nitrogen and oxygen atoms in total. The molecule has 1 rings (SSSR count). The lowest BCUT2D eigenvalue weighted by Gasteiger charge is -2.19. The van der Waals surface area contributed by atoms with Crippen LogP contribution in [0.2, 0.25) is 0 Å². The zero-order valence-electron chi connectivity index (χ0n) is 10.6. The van der Waals surface area contributed by atoms with Crippen molar-refractivity contribution < 1.29 is 13.9 Å². The van der Waals surface area contributed by atoms with Gasteiger partial charge in [0.1, 0.15) is 11.4 Å². The van der Waals surface area contributed by atoms with E-state index < -0.39 is 11.7 Å². The van der Waals surface area contributed by atoms with Crippen molar-refractivity contribution in [3.63, 3.8) is 0 Å². The van der Waals surface area contributed by atoms with Crippen LogP contribution < -0.4 is 10.6 Å². The van der Waals surface area contributed by atoms with E-state index in [-0.39, 0.29) is 0 Å². The number of hydrogen-bond donors (Lipinski definition) is 2. The molecule has 0 spiro atoms. The molecule has 17 heavy (non-hydrogen) atoms. The Kier molecular flexibility index (Phi) is 5.03. The Bertz CT molecular complexity index is 328. The summed E-state index contributed by atoms with van der Waals surface area (Å²) in [7, 11) is 0. The zero-order valence-corrected chi connectivity index (χ0v) is 10.6. The first-order valence-electron chi connectivity index (χ1n) is 5.67. The lowest BCUT2D eigenvalue weighted by atomic mass is 10.2. The Balaban J connectivity index is 2.02. The second-order valence-corrected chi connectivity index (χ2v) is 4.68. The van der Waals surface area contributed by atoms with Crippen LogP contribution in [0.4, 0.5) is 4.79 Å². The highest BCUT2D eigenvalue weighted by Crippen LogP contribution is 2.05. The van der Waals surface area contributed by atoms with Gasteiger partial charge in [0.25, 0.3) is 0 Å². The van der Waals surface area contributed by atoms with Gasteiger partial charge in [-0.25, -0.2) is 4.79 Å². The van der Waals surface area contributed by atoms with E-state index in [0.717, 1.165) is 5.76 Å². The highest BCUT2D eigenvalue weighted by Gasteiger charge is 2.15. The Labute approximate surface area is 102 Å². The summed E-state index contributed by atoms with van der Waals surface area (Å²) in [6.45, 7) is 7.35. The SMILES string of the molecule is CC(C)(C)OC(=O)NCCNCc1ccco1. The molecule has 0 aliphatic heterocycles. The Morgan fingerprint density at radius 1 is 1.41 bits per heavy atom. The van der Waals surface area contributed by atoms with Gasteiger partial charge in [0.2, 0.25) is 0 Å². The molecule has 0 fully saturated rings. The summed E-state index contributed by atoms with van der Waals surface area (Å²) in [6.07, 6.45) is 1.24. The van der Waals surface area contributed by atoms with Crippen molar-refractivity contribution in [3.05, 3.63) is 24.2 Å². The van der Waals surface area contributed by atoms with Gasteiger partial charge in [-0.1, -0.05) is 0 Å². The van der Waals surface area contributed by atoms with Gasteiger partial charge in [-0.3, -0.25) is 0 Å². The predicted molar refractivity (Wildman–Crippen MR) is 64.7 cm³/mol. The van der Waals surface area contributed by atoms with E-state index in [1.54, 1.807) is 6.26 Å². The van der Waals surface area contributed by atoms with Crippen LogP contribution in [0.3, 0.4) is 0 Å². The molecule has 1 aromatic rings. The molecule has 0 unspecified atom stereocenters. The number of carbonyl (C=O) groups is 1. The van der Waals surface area contributed by atoms with Crippen LogP contribution in [0.5, 0.6) is 0 Å². The van der Waals surface area contributed by atoms with Crippen LogP contribution in [0.25, 0.3) is 0 Å². The molecule has 2 N–H and O–H groups in total. The highest BCUT2D eigenvalue weighted by atomic mass is 16.6. The van der Waals surface area contributed by atoms with E-state index in [1.165, 1.54) is 0 Å². The first-order valence-corrected chi connectivity index (χ1v) is 5.67. The topological polar surface area (TPSA) is 63.5 Å². The largest absolute Gasteiger partial charge is 0.468 e. The molecule has 0 radical (unpaired) electrons. The highest BCUT2D eigenvalue weighted by molar-refractivity contribution is 5.67. The molecule has 0 atom stereocenters. The molecule has 1 amide bonds. The summed E-state index contributed by atoms with van der Waals surface area (Å²) < 4.78 is 10.2. The van der Waals surface area contributed by atoms with Gasteiger partial charge in [-0.15, -0.1) is 0 Å². The molecule has 0 aliphatic rings.